The van der Waals surface area contributed by atoms with Gasteiger partial charge < -0.3 is 29.8 Å². The molecule has 0 spiro atoms. The first-order valence-electron chi connectivity index (χ1n) is 10.3. The summed E-state index contributed by atoms with van der Waals surface area (Å²) in [7, 11) is 1.79. The average molecular weight is 469 g/mol. The summed E-state index contributed by atoms with van der Waals surface area (Å²) in [6.07, 6.45) is 1.18. The number of hydrogen-bond acceptors (Lipinski definition) is 8. The fourth-order valence-electron chi connectivity index (χ4n) is 3.00. The topological polar surface area (TPSA) is 117 Å². The predicted octanol–water partition coefficient (Wildman–Crippen LogP) is -0.517. The van der Waals surface area contributed by atoms with Crippen molar-refractivity contribution in [1.29, 1.82) is 0 Å². The number of aryl methyl sites for hydroxylation is 1. The van der Waals surface area contributed by atoms with Crippen molar-refractivity contribution in [1.82, 2.24) is 5.16 Å². The molecule has 0 amide bonds. The van der Waals surface area contributed by atoms with Gasteiger partial charge >= 0.3 is 29.6 Å². The van der Waals surface area contributed by atoms with Crippen LogP contribution in [-0.4, -0.2) is 30.2 Å². The third kappa shape index (κ3) is 7.39. The van der Waals surface area contributed by atoms with Crippen molar-refractivity contribution in [2.24, 2.45) is 0 Å². The van der Waals surface area contributed by atoms with Gasteiger partial charge in [-0.15, -0.1) is 0 Å². The molecule has 1 aliphatic rings. The second-order valence-corrected chi connectivity index (χ2v) is 7.44. The molecule has 0 aliphatic heterocycles. The average Bonchev–Trinajstić information content (AvgIpc) is 3.53. The molecule has 3 aromatic rings. The largest absolute Gasteiger partial charge is 1.00 e. The molecule has 2 N–H and O–H groups in total. The molecule has 8 nitrogen and oxygen atoms in total. The zero-order valence-corrected chi connectivity index (χ0v) is 21.4. The van der Waals surface area contributed by atoms with Crippen LogP contribution in [0.1, 0.15) is 35.4 Å². The summed E-state index contributed by atoms with van der Waals surface area (Å²) in [6.45, 7) is 2.66. The van der Waals surface area contributed by atoms with E-state index in [1.54, 1.807) is 19.2 Å². The van der Waals surface area contributed by atoms with Crippen molar-refractivity contribution in [3.63, 3.8) is 0 Å². The van der Waals surface area contributed by atoms with Gasteiger partial charge in [0.1, 0.15) is 18.0 Å². The van der Waals surface area contributed by atoms with Crippen LogP contribution < -0.4 is 45.3 Å². The molecule has 0 atom stereocenters. The molecule has 1 saturated carbocycles. The molecule has 2 aromatic carbocycles. The van der Waals surface area contributed by atoms with Crippen molar-refractivity contribution in [2.45, 2.75) is 31.9 Å². The van der Waals surface area contributed by atoms with Gasteiger partial charge in [0.2, 0.25) is 5.76 Å². The molecule has 0 saturated heterocycles. The van der Waals surface area contributed by atoms with Gasteiger partial charge in [-0.05, 0) is 55.5 Å². The van der Waals surface area contributed by atoms with Crippen LogP contribution in [0.25, 0.3) is 0 Å². The molecule has 0 unspecified atom stereocenters. The number of anilines is 2. The summed E-state index contributed by atoms with van der Waals surface area (Å²) >= 11 is 0. The number of hydrogen-bond donors (Lipinski definition) is 2. The maximum Gasteiger partial charge on any atom is 1.00 e. The molecular weight excluding hydrogens is 445 g/mol. The number of aliphatic carboxylic acids is 1. The summed E-state index contributed by atoms with van der Waals surface area (Å²) < 4.78 is 9.70. The van der Waals surface area contributed by atoms with Crippen LogP contribution in [0.5, 0.6) is 0 Å². The van der Waals surface area contributed by atoms with E-state index in [0.717, 1.165) is 28.2 Å². The Kier molecular flexibility index (Phi) is 10.2. The maximum absolute atomic E-state index is 11.1. The monoisotopic (exact) mass is 469 g/mol. The van der Waals surface area contributed by atoms with Crippen molar-refractivity contribution in [3.05, 3.63) is 77.2 Å². The quantitative estimate of drug-likeness (QED) is 0.270. The number of carboxylic acid groups (broad SMARTS) is 1. The molecule has 4 rings (SSSR count). The van der Waals surface area contributed by atoms with E-state index in [1.807, 2.05) is 49.4 Å². The first-order chi connectivity index (χ1) is 16.0. The summed E-state index contributed by atoms with van der Waals surface area (Å²) in [5.41, 5.74) is 3.18. The Balaban J connectivity index is 0.000000314. The van der Waals surface area contributed by atoms with Crippen LogP contribution >= 0.6 is 0 Å². The van der Waals surface area contributed by atoms with E-state index in [2.05, 4.69) is 32.4 Å². The molecule has 1 aliphatic carbocycles. The van der Waals surface area contributed by atoms with Gasteiger partial charge in [-0.25, -0.2) is 0 Å². The Labute approximate surface area is 220 Å². The standard InChI is InChI=1S/C17H17N3O3.C8H8O2.Na/c1-11-15(18-2)14(23-20-11)8-5-12-3-6-13(7-4-12)19-17(9-10-17)16(21)22;9-7-10-6-8-4-2-1-3-5-8;/h3-4,6-7,18-19H,9-10H2,1-2H3,(H,21,22);1-5,7H,6H2;/q;;+1/p-1. The van der Waals surface area contributed by atoms with E-state index < -0.39 is 11.5 Å². The number of ether oxygens (including phenoxy) is 1. The van der Waals surface area contributed by atoms with Crippen LogP contribution in [0.15, 0.2) is 59.1 Å². The number of benzene rings is 2. The van der Waals surface area contributed by atoms with Gasteiger partial charge in [-0.3, -0.25) is 4.79 Å². The van der Waals surface area contributed by atoms with Gasteiger partial charge in [0, 0.05) is 18.3 Å². The molecular formula is C25H24N3NaO5. The van der Waals surface area contributed by atoms with Gasteiger partial charge in [-0.2, -0.15) is 0 Å². The van der Waals surface area contributed by atoms with Crippen molar-refractivity contribution in [3.8, 4) is 11.8 Å². The van der Waals surface area contributed by atoms with Crippen molar-refractivity contribution < 1.29 is 53.5 Å². The van der Waals surface area contributed by atoms with E-state index in [4.69, 9.17) is 4.52 Å². The zero-order chi connectivity index (χ0) is 23.7. The van der Waals surface area contributed by atoms with Gasteiger partial charge in [-0.1, -0.05) is 41.4 Å². The minimum atomic E-state index is -1.05. The number of rotatable bonds is 7. The maximum atomic E-state index is 11.1. The zero-order valence-electron chi connectivity index (χ0n) is 19.4. The Bertz CT molecular complexity index is 1150. The molecule has 1 fully saturated rings. The fraction of sp³-hybridized carbons (Fsp3) is 0.240. The van der Waals surface area contributed by atoms with Crippen LogP contribution in [0.2, 0.25) is 0 Å². The number of nitrogens with zero attached hydrogens (tertiary/aromatic N) is 1. The SMILES string of the molecule is CNc1c(C)noc1C#Cc1ccc(NC2(C(=O)[O-])CC2)cc1.O=COCc1ccccc1.[Na+]. The van der Waals surface area contributed by atoms with E-state index in [0.29, 0.717) is 31.7 Å². The molecule has 1 heterocycles. The van der Waals surface area contributed by atoms with Crippen LogP contribution in [0.3, 0.4) is 0 Å². The van der Waals surface area contributed by atoms with E-state index >= 15 is 0 Å². The first kappa shape index (κ1) is 27.0. The van der Waals surface area contributed by atoms with E-state index in [-0.39, 0.29) is 29.6 Å². The minimum Gasteiger partial charge on any atom is -0.548 e. The second kappa shape index (κ2) is 12.8. The number of carbonyl (C=O) groups is 2. The van der Waals surface area contributed by atoms with Crippen LogP contribution in [0, 0.1) is 18.8 Å². The van der Waals surface area contributed by atoms with E-state index in [1.165, 1.54) is 0 Å². The normalized spacial score (nSPS) is 12.4. The molecule has 34 heavy (non-hydrogen) atoms. The molecule has 1 aromatic heterocycles. The molecule has 170 valence electrons. The van der Waals surface area contributed by atoms with E-state index in [9.17, 15) is 14.7 Å². The van der Waals surface area contributed by atoms with Gasteiger partial charge in [0.05, 0.1) is 11.5 Å². The number of carboxylic acids is 1. The molecule has 0 radical (unpaired) electrons. The van der Waals surface area contributed by atoms with Crippen molar-refractivity contribution in [2.75, 3.05) is 17.7 Å². The van der Waals surface area contributed by atoms with Crippen LogP contribution in [0.4, 0.5) is 11.4 Å². The smallest absolute Gasteiger partial charge is 0.548 e. The summed E-state index contributed by atoms with van der Waals surface area (Å²) in [5, 5.41) is 20.9. The predicted molar refractivity (Wildman–Crippen MR) is 121 cm³/mol. The first-order valence-corrected chi connectivity index (χ1v) is 10.3. The molecule has 9 heteroatoms. The second-order valence-electron chi connectivity index (χ2n) is 7.44. The van der Waals surface area contributed by atoms with Gasteiger partial charge in [0.25, 0.3) is 6.47 Å². The third-order valence-electron chi connectivity index (χ3n) is 5.00. The van der Waals surface area contributed by atoms with Gasteiger partial charge in [0.15, 0.2) is 0 Å². The number of aromatic nitrogens is 1. The summed E-state index contributed by atoms with van der Waals surface area (Å²) in [6, 6.07) is 16.8. The Morgan fingerprint density at radius 3 is 2.41 bits per heavy atom. The Morgan fingerprint density at radius 2 is 1.85 bits per heavy atom. The summed E-state index contributed by atoms with van der Waals surface area (Å²) in [5.74, 6) is 5.36. The number of carbonyl (C=O) groups excluding carboxylic acids is 2. The fourth-order valence-corrected chi connectivity index (χ4v) is 3.00. The summed E-state index contributed by atoms with van der Waals surface area (Å²) in [4.78, 5) is 20.8. The van der Waals surface area contributed by atoms with Crippen molar-refractivity contribution >= 4 is 23.8 Å². The number of nitrogens with one attached hydrogen (secondary N) is 2. The molecule has 0 bridgehead atoms. The Morgan fingerprint density at radius 1 is 1.18 bits per heavy atom. The third-order valence-corrected chi connectivity index (χ3v) is 5.00. The minimum absolute atomic E-state index is 0. The Hall–Kier alpha value is -3.25. The van der Waals surface area contributed by atoms with Crippen LogP contribution in [-0.2, 0) is 20.9 Å².